The summed E-state index contributed by atoms with van der Waals surface area (Å²) in [6, 6.07) is 8.49. The van der Waals surface area contributed by atoms with Crippen molar-refractivity contribution in [2.45, 2.75) is 26.2 Å². The van der Waals surface area contributed by atoms with Crippen LogP contribution in [0.25, 0.3) is 0 Å². The maximum absolute atomic E-state index is 11.9. The number of Topliss-reactive ketones (excluding diaryl/α,β-unsaturated/α-hetero) is 1. The molecule has 86 valence electrons. The number of carbonyl (C=O) groups excluding carboxylic acids is 1. The van der Waals surface area contributed by atoms with Gasteiger partial charge in [0, 0.05) is 18.1 Å². The monoisotopic (exact) mass is 234 g/mol. The standard InChI is InChI=1S/C14H18OS/c1-11-2-4-12(5-3-11)6-7-14(15)13-8-9-16-10-13/h2-5,13H,6-10H2,1H3. The molecule has 1 atom stereocenters. The van der Waals surface area contributed by atoms with Gasteiger partial charge < -0.3 is 0 Å². The highest BCUT2D eigenvalue weighted by Crippen LogP contribution is 2.25. The van der Waals surface area contributed by atoms with Crippen LogP contribution >= 0.6 is 11.8 Å². The Morgan fingerprint density at radius 1 is 1.38 bits per heavy atom. The van der Waals surface area contributed by atoms with Crippen LogP contribution in [0.4, 0.5) is 0 Å². The minimum absolute atomic E-state index is 0.343. The molecule has 16 heavy (non-hydrogen) atoms. The van der Waals surface area contributed by atoms with Crippen molar-refractivity contribution in [2.24, 2.45) is 5.92 Å². The molecular formula is C14H18OS. The van der Waals surface area contributed by atoms with Crippen LogP contribution in [0.15, 0.2) is 24.3 Å². The fourth-order valence-corrected chi connectivity index (χ4v) is 3.27. The van der Waals surface area contributed by atoms with Gasteiger partial charge in [0.2, 0.25) is 0 Å². The summed E-state index contributed by atoms with van der Waals surface area (Å²) >= 11 is 1.91. The fourth-order valence-electron chi connectivity index (χ4n) is 2.01. The second kappa shape index (κ2) is 5.53. The van der Waals surface area contributed by atoms with E-state index in [9.17, 15) is 4.79 Å². The molecule has 1 aromatic carbocycles. The van der Waals surface area contributed by atoms with E-state index < -0.39 is 0 Å². The van der Waals surface area contributed by atoms with Gasteiger partial charge in [-0.05, 0) is 31.1 Å². The summed E-state index contributed by atoms with van der Waals surface area (Å²) in [5.74, 6) is 3.02. The predicted octanol–water partition coefficient (Wildman–Crippen LogP) is 3.25. The summed E-state index contributed by atoms with van der Waals surface area (Å²) in [6.07, 6.45) is 2.71. The highest BCUT2D eigenvalue weighted by atomic mass is 32.2. The number of benzene rings is 1. The van der Waals surface area contributed by atoms with E-state index in [0.29, 0.717) is 18.1 Å². The van der Waals surface area contributed by atoms with Gasteiger partial charge in [0.05, 0.1) is 0 Å². The van der Waals surface area contributed by atoms with Crippen molar-refractivity contribution in [1.82, 2.24) is 0 Å². The zero-order valence-corrected chi connectivity index (χ0v) is 10.6. The zero-order valence-electron chi connectivity index (χ0n) is 9.74. The maximum atomic E-state index is 11.9. The third-order valence-electron chi connectivity index (χ3n) is 3.17. The van der Waals surface area contributed by atoms with Gasteiger partial charge in [0.1, 0.15) is 5.78 Å². The Morgan fingerprint density at radius 3 is 2.75 bits per heavy atom. The fraction of sp³-hybridized carbons (Fsp3) is 0.500. The van der Waals surface area contributed by atoms with Crippen LogP contribution in [0.3, 0.4) is 0 Å². The SMILES string of the molecule is Cc1ccc(CCC(=O)C2CCSC2)cc1. The molecule has 0 N–H and O–H groups in total. The minimum atomic E-state index is 0.343. The van der Waals surface area contributed by atoms with Crippen molar-refractivity contribution >= 4 is 17.5 Å². The number of carbonyl (C=O) groups is 1. The van der Waals surface area contributed by atoms with E-state index in [-0.39, 0.29) is 0 Å². The molecule has 1 heterocycles. The zero-order chi connectivity index (χ0) is 11.4. The number of rotatable bonds is 4. The van der Waals surface area contributed by atoms with Crippen molar-refractivity contribution in [3.63, 3.8) is 0 Å². The average molecular weight is 234 g/mol. The van der Waals surface area contributed by atoms with Crippen LogP contribution in [0.2, 0.25) is 0 Å². The molecule has 0 bridgehead atoms. The molecule has 1 saturated heterocycles. The highest BCUT2D eigenvalue weighted by molar-refractivity contribution is 7.99. The van der Waals surface area contributed by atoms with Crippen molar-refractivity contribution in [2.75, 3.05) is 11.5 Å². The molecule has 1 nitrogen and oxygen atoms in total. The Labute approximate surface area is 102 Å². The number of thioether (sulfide) groups is 1. The van der Waals surface area contributed by atoms with E-state index in [1.165, 1.54) is 16.9 Å². The minimum Gasteiger partial charge on any atom is -0.299 e. The average Bonchev–Trinajstić information content (AvgIpc) is 2.81. The van der Waals surface area contributed by atoms with Gasteiger partial charge >= 0.3 is 0 Å². The third kappa shape index (κ3) is 3.11. The van der Waals surface area contributed by atoms with Crippen LogP contribution in [0, 0.1) is 12.8 Å². The second-order valence-electron chi connectivity index (χ2n) is 4.51. The third-order valence-corrected chi connectivity index (χ3v) is 4.33. The smallest absolute Gasteiger partial charge is 0.137 e. The molecule has 0 aliphatic carbocycles. The Morgan fingerprint density at radius 2 is 2.12 bits per heavy atom. The van der Waals surface area contributed by atoms with E-state index in [1.807, 2.05) is 11.8 Å². The first-order valence-electron chi connectivity index (χ1n) is 5.92. The van der Waals surface area contributed by atoms with E-state index in [0.717, 1.165) is 18.6 Å². The molecule has 0 spiro atoms. The molecule has 0 aromatic heterocycles. The van der Waals surface area contributed by atoms with Crippen molar-refractivity contribution in [1.29, 1.82) is 0 Å². The first-order valence-corrected chi connectivity index (χ1v) is 7.07. The van der Waals surface area contributed by atoms with Gasteiger partial charge in [-0.25, -0.2) is 0 Å². The van der Waals surface area contributed by atoms with Gasteiger partial charge in [-0.15, -0.1) is 0 Å². The Balaban J connectivity index is 1.82. The van der Waals surface area contributed by atoms with Crippen LogP contribution in [0.5, 0.6) is 0 Å². The lowest BCUT2D eigenvalue weighted by Gasteiger charge is -2.07. The van der Waals surface area contributed by atoms with E-state index >= 15 is 0 Å². The summed E-state index contributed by atoms with van der Waals surface area (Å²) in [6.45, 7) is 2.09. The quantitative estimate of drug-likeness (QED) is 0.795. The van der Waals surface area contributed by atoms with Gasteiger partial charge in [-0.2, -0.15) is 11.8 Å². The molecule has 2 rings (SSSR count). The maximum Gasteiger partial charge on any atom is 0.137 e. The Bertz CT molecular complexity index is 350. The number of hydrogen-bond acceptors (Lipinski definition) is 2. The summed E-state index contributed by atoms with van der Waals surface area (Å²) in [5.41, 5.74) is 2.56. The number of ketones is 1. The van der Waals surface area contributed by atoms with E-state index in [4.69, 9.17) is 0 Å². The predicted molar refractivity (Wildman–Crippen MR) is 69.9 cm³/mol. The Hall–Kier alpha value is -0.760. The van der Waals surface area contributed by atoms with Crippen molar-refractivity contribution in [3.05, 3.63) is 35.4 Å². The molecule has 1 unspecified atom stereocenters. The molecule has 0 amide bonds. The van der Waals surface area contributed by atoms with Gasteiger partial charge in [-0.1, -0.05) is 29.8 Å². The summed E-state index contributed by atoms with van der Waals surface area (Å²) < 4.78 is 0. The number of hydrogen-bond donors (Lipinski definition) is 0. The van der Waals surface area contributed by atoms with Crippen molar-refractivity contribution in [3.8, 4) is 0 Å². The van der Waals surface area contributed by atoms with Crippen LogP contribution in [-0.2, 0) is 11.2 Å². The molecule has 0 radical (unpaired) electrons. The van der Waals surface area contributed by atoms with Crippen LogP contribution in [-0.4, -0.2) is 17.3 Å². The van der Waals surface area contributed by atoms with E-state index in [2.05, 4.69) is 31.2 Å². The molecule has 1 fully saturated rings. The lowest BCUT2D eigenvalue weighted by Crippen LogP contribution is -2.14. The van der Waals surface area contributed by atoms with Crippen LogP contribution < -0.4 is 0 Å². The lowest BCUT2D eigenvalue weighted by molar-refractivity contribution is -0.122. The summed E-state index contributed by atoms with van der Waals surface area (Å²) in [4.78, 5) is 11.9. The largest absolute Gasteiger partial charge is 0.299 e. The summed E-state index contributed by atoms with van der Waals surface area (Å²) in [7, 11) is 0. The van der Waals surface area contributed by atoms with Gasteiger partial charge in [0.15, 0.2) is 0 Å². The Kier molecular flexibility index (Phi) is 4.05. The molecular weight excluding hydrogens is 216 g/mol. The molecule has 0 saturated carbocycles. The highest BCUT2D eigenvalue weighted by Gasteiger charge is 2.22. The normalized spacial score (nSPS) is 19.9. The topological polar surface area (TPSA) is 17.1 Å². The lowest BCUT2D eigenvalue weighted by atomic mass is 9.97. The van der Waals surface area contributed by atoms with Crippen molar-refractivity contribution < 1.29 is 4.79 Å². The second-order valence-corrected chi connectivity index (χ2v) is 5.66. The molecule has 1 aromatic rings. The number of aryl methyl sites for hydroxylation is 2. The van der Waals surface area contributed by atoms with Crippen LogP contribution in [0.1, 0.15) is 24.0 Å². The van der Waals surface area contributed by atoms with Gasteiger partial charge in [-0.3, -0.25) is 4.79 Å². The molecule has 1 aliphatic heterocycles. The first kappa shape index (κ1) is 11.7. The van der Waals surface area contributed by atoms with E-state index in [1.54, 1.807) is 0 Å². The summed E-state index contributed by atoms with van der Waals surface area (Å²) in [5, 5.41) is 0. The molecule has 2 heteroatoms. The van der Waals surface area contributed by atoms with Gasteiger partial charge in [0.25, 0.3) is 0 Å². The first-order chi connectivity index (χ1) is 7.75. The molecule has 1 aliphatic rings.